The summed E-state index contributed by atoms with van der Waals surface area (Å²) in [5.41, 5.74) is 2.35. The molecule has 0 aliphatic carbocycles. The van der Waals surface area contributed by atoms with Crippen LogP contribution in [-0.4, -0.2) is 18.1 Å². The molecule has 2 aromatic carbocycles. The van der Waals surface area contributed by atoms with E-state index in [1.807, 2.05) is 30.3 Å². The summed E-state index contributed by atoms with van der Waals surface area (Å²) in [6.07, 6.45) is 1.39. The molecule has 6 nitrogen and oxygen atoms in total. The van der Waals surface area contributed by atoms with E-state index >= 15 is 0 Å². The number of methoxy groups -OCH3 is 1. The van der Waals surface area contributed by atoms with Crippen molar-refractivity contribution in [3.8, 4) is 11.8 Å². The third kappa shape index (κ3) is 5.37. The highest BCUT2D eigenvalue weighted by molar-refractivity contribution is 6.06. The molecular weight excluding hydrogens is 318 g/mol. The molecule has 2 rings (SSSR count). The van der Waals surface area contributed by atoms with Crippen LogP contribution in [0, 0.1) is 11.3 Å². The summed E-state index contributed by atoms with van der Waals surface area (Å²) in [4.78, 5) is 12.1. The minimum Gasteiger partial charge on any atom is -0.497 e. The van der Waals surface area contributed by atoms with Gasteiger partial charge in [-0.3, -0.25) is 4.79 Å². The molecule has 0 aromatic heterocycles. The fourth-order valence-electron chi connectivity index (χ4n) is 2.05. The van der Waals surface area contributed by atoms with Gasteiger partial charge in [0.2, 0.25) is 0 Å². The number of nitrogens with zero attached hydrogens (tertiary/aromatic N) is 1. The van der Waals surface area contributed by atoms with Crippen molar-refractivity contribution in [2.75, 3.05) is 12.4 Å². The first-order valence-electron chi connectivity index (χ1n) is 7.64. The molecular formula is C19H19N3O3. The van der Waals surface area contributed by atoms with Gasteiger partial charge in [0, 0.05) is 18.4 Å². The van der Waals surface area contributed by atoms with E-state index in [1.54, 1.807) is 31.4 Å². The number of nitrogens with one attached hydrogen (secondary N) is 2. The molecule has 0 aliphatic heterocycles. The van der Waals surface area contributed by atoms with E-state index in [4.69, 9.17) is 15.1 Å². The van der Waals surface area contributed by atoms with E-state index in [0.29, 0.717) is 18.0 Å². The molecule has 0 atom stereocenters. The SMILES string of the molecule is COc1ccc(NC(=O)/C(C#N)=C\NCc2ccc(CO)cc2)cc1. The molecule has 0 spiro atoms. The third-order valence-electron chi connectivity index (χ3n) is 3.47. The van der Waals surface area contributed by atoms with Crippen LogP contribution < -0.4 is 15.4 Å². The fraction of sp³-hybridized carbons (Fsp3) is 0.158. The van der Waals surface area contributed by atoms with Gasteiger partial charge in [-0.2, -0.15) is 5.26 Å². The first-order valence-corrected chi connectivity index (χ1v) is 7.64. The van der Waals surface area contributed by atoms with Crippen LogP contribution in [0.1, 0.15) is 11.1 Å². The number of aliphatic hydroxyl groups excluding tert-OH is 1. The Labute approximate surface area is 146 Å². The first-order chi connectivity index (χ1) is 12.2. The molecule has 3 N–H and O–H groups in total. The Hall–Kier alpha value is -3.30. The molecule has 2 aromatic rings. The average molecular weight is 337 g/mol. The maximum atomic E-state index is 12.1. The smallest absolute Gasteiger partial charge is 0.267 e. The summed E-state index contributed by atoms with van der Waals surface area (Å²) >= 11 is 0. The van der Waals surface area contributed by atoms with E-state index in [2.05, 4.69) is 10.6 Å². The molecule has 0 unspecified atom stereocenters. The van der Waals surface area contributed by atoms with Crippen LogP contribution in [0.25, 0.3) is 0 Å². The normalized spacial score (nSPS) is 10.7. The Bertz CT molecular complexity index is 775. The highest BCUT2D eigenvalue weighted by Crippen LogP contribution is 2.15. The lowest BCUT2D eigenvalue weighted by Gasteiger charge is -2.06. The highest BCUT2D eigenvalue weighted by Gasteiger charge is 2.09. The van der Waals surface area contributed by atoms with E-state index in [1.165, 1.54) is 6.20 Å². The summed E-state index contributed by atoms with van der Waals surface area (Å²) in [5.74, 6) is 0.193. The Morgan fingerprint density at radius 2 is 1.80 bits per heavy atom. The number of hydrogen-bond donors (Lipinski definition) is 3. The van der Waals surface area contributed by atoms with Crippen molar-refractivity contribution in [3.05, 3.63) is 71.4 Å². The number of carbonyl (C=O) groups is 1. The van der Waals surface area contributed by atoms with Crippen LogP contribution in [0.5, 0.6) is 5.75 Å². The van der Waals surface area contributed by atoms with Gasteiger partial charge in [0.05, 0.1) is 13.7 Å². The minimum absolute atomic E-state index is 0.00226. The van der Waals surface area contributed by atoms with Crippen molar-refractivity contribution in [2.45, 2.75) is 13.2 Å². The predicted octanol–water partition coefficient (Wildman–Crippen LogP) is 2.32. The second kappa shape index (κ2) is 9.11. The number of anilines is 1. The molecule has 0 saturated heterocycles. The highest BCUT2D eigenvalue weighted by atomic mass is 16.5. The summed E-state index contributed by atoms with van der Waals surface area (Å²) in [6.45, 7) is 0.463. The van der Waals surface area contributed by atoms with Gasteiger partial charge in [0.15, 0.2) is 0 Å². The molecule has 25 heavy (non-hydrogen) atoms. The van der Waals surface area contributed by atoms with Crippen LogP contribution in [0.2, 0.25) is 0 Å². The average Bonchev–Trinajstić information content (AvgIpc) is 2.66. The van der Waals surface area contributed by atoms with Gasteiger partial charge in [-0.1, -0.05) is 24.3 Å². The van der Waals surface area contributed by atoms with Crippen molar-refractivity contribution < 1.29 is 14.6 Å². The molecule has 0 radical (unpaired) electrons. The van der Waals surface area contributed by atoms with Crippen molar-refractivity contribution in [1.82, 2.24) is 5.32 Å². The summed E-state index contributed by atoms with van der Waals surface area (Å²) in [5, 5.41) is 23.8. The summed E-state index contributed by atoms with van der Waals surface area (Å²) < 4.78 is 5.05. The van der Waals surface area contributed by atoms with Gasteiger partial charge < -0.3 is 20.5 Å². The number of benzene rings is 2. The second-order valence-electron chi connectivity index (χ2n) is 5.21. The molecule has 0 aliphatic rings. The third-order valence-corrected chi connectivity index (χ3v) is 3.47. The van der Waals surface area contributed by atoms with E-state index < -0.39 is 5.91 Å². The van der Waals surface area contributed by atoms with Gasteiger partial charge in [-0.05, 0) is 35.4 Å². The molecule has 0 saturated carbocycles. The number of carbonyl (C=O) groups excluding carboxylic acids is 1. The standard InChI is InChI=1S/C19H19N3O3/c1-25-18-8-6-17(7-9-18)22-19(24)16(10-20)12-21-11-14-2-4-15(13-23)5-3-14/h2-9,12,21,23H,11,13H2,1H3,(H,22,24)/b16-12-. The van der Waals surface area contributed by atoms with Crippen LogP contribution in [-0.2, 0) is 17.9 Å². The lowest BCUT2D eigenvalue weighted by atomic mass is 10.1. The van der Waals surface area contributed by atoms with Crippen molar-refractivity contribution >= 4 is 11.6 Å². The fourth-order valence-corrected chi connectivity index (χ4v) is 2.05. The molecule has 0 bridgehead atoms. The Morgan fingerprint density at radius 3 is 2.36 bits per heavy atom. The zero-order chi connectivity index (χ0) is 18.1. The van der Waals surface area contributed by atoms with Crippen LogP contribution in [0.3, 0.4) is 0 Å². The molecule has 1 amide bonds. The zero-order valence-corrected chi connectivity index (χ0v) is 13.8. The number of nitriles is 1. The van der Waals surface area contributed by atoms with Crippen molar-refractivity contribution in [1.29, 1.82) is 5.26 Å². The number of aliphatic hydroxyl groups is 1. The largest absolute Gasteiger partial charge is 0.497 e. The predicted molar refractivity (Wildman–Crippen MR) is 94.5 cm³/mol. The van der Waals surface area contributed by atoms with Crippen LogP contribution in [0.4, 0.5) is 5.69 Å². The van der Waals surface area contributed by atoms with Gasteiger partial charge in [0.25, 0.3) is 5.91 Å². The first kappa shape index (κ1) is 18.0. The number of rotatable bonds is 7. The lowest BCUT2D eigenvalue weighted by Crippen LogP contribution is -2.16. The number of amides is 1. The van der Waals surface area contributed by atoms with Gasteiger partial charge in [-0.25, -0.2) is 0 Å². The Kier molecular flexibility index (Phi) is 6.57. The maximum Gasteiger partial charge on any atom is 0.267 e. The zero-order valence-electron chi connectivity index (χ0n) is 13.8. The second-order valence-corrected chi connectivity index (χ2v) is 5.21. The van der Waals surface area contributed by atoms with Gasteiger partial charge >= 0.3 is 0 Å². The van der Waals surface area contributed by atoms with E-state index in [9.17, 15) is 4.79 Å². The summed E-state index contributed by atoms with van der Waals surface area (Å²) in [6, 6.07) is 16.1. The minimum atomic E-state index is -0.490. The molecule has 0 fully saturated rings. The monoisotopic (exact) mass is 337 g/mol. The van der Waals surface area contributed by atoms with Crippen LogP contribution in [0.15, 0.2) is 60.3 Å². The molecule has 6 heteroatoms. The molecule has 128 valence electrons. The van der Waals surface area contributed by atoms with E-state index in [-0.39, 0.29) is 12.2 Å². The topological polar surface area (TPSA) is 94.4 Å². The van der Waals surface area contributed by atoms with Crippen LogP contribution >= 0.6 is 0 Å². The quantitative estimate of drug-likeness (QED) is 0.532. The number of hydrogen-bond acceptors (Lipinski definition) is 5. The van der Waals surface area contributed by atoms with Crippen molar-refractivity contribution in [3.63, 3.8) is 0 Å². The van der Waals surface area contributed by atoms with Gasteiger partial charge in [-0.15, -0.1) is 0 Å². The Morgan fingerprint density at radius 1 is 1.16 bits per heavy atom. The Balaban J connectivity index is 1.93. The van der Waals surface area contributed by atoms with E-state index in [0.717, 1.165) is 11.1 Å². The molecule has 0 heterocycles. The summed E-state index contributed by atoms with van der Waals surface area (Å²) in [7, 11) is 1.56. The van der Waals surface area contributed by atoms with Crippen molar-refractivity contribution in [2.24, 2.45) is 0 Å². The number of ether oxygens (including phenoxy) is 1. The van der Waals surface area contributed by atoms with Gasteiger partial charge in [0.1, 0.15) is 17.4 Å². The lowest BCUT2D eigenvalue weighted by molar-refractivity contribution is -0.112. The maximum absolute atomic E-state index is 12.1.